The molecule has 0 aliphatic carbocycles. The third-order valence-electron chi connectivity index (χ3n) is 3.33. The summed E-state index contributed by atoms with van der Waals surface area (Å²) in [7, 11) is 1.67. The zero-order valence-corrected chi connectivity index (χ0v) is 12.2. The van der Waals surface area contributed by atoms with E-state index >= 15 is 0 Å². The second-order valence-electron chi connectivity index (χ2n) is 5.54. The Bertz CT molecular complexity index is 404. The number of benzene rings is 1. The Morgan fingerprint density at radius 3 is 2.58 bits per heavy atom. The van der Waals surface area contributed by atoms with Crippen molar-refractivity contribution in [3.8, 4) is 5.75 Å². The third-order valence-corrected chi connectivity index (χ3v) is 3.33. The third kappa shape index (κ3) is 4.49. The lowest BCUT2D eigenvalue weighted by Gasteiger charge is -2.27. The summed E-state index contributed by atoms with van der Waals surface area (Å²) in [5.74, 6) is 0.892. The first-order chi connectivity index (χ1) is 8.90. The highest BCUT2D eigenvalue weighted by atomic mass is 16.5. The van der Waals surface area contributed by atoms with Gasteiger partial charge in [-0.15, -0.1) is 0 Å². The molecular formula is C15H25NO3. The Morgan fingerprint density at radius 1 is 1.37 bits per heavy atom. The summed E-state index contributed by atoms with van der Waals surface area (Å²) in [5, 5.41) is 21.3. The van der Waals surface area contributed by atoms with Gasteiger partial charge in [-0.3, -0.25) is 0 Å². The summed E-state index contributed by atoms with van der Waals surface area (Å²) in [6.45, 7) is 7.24. The van der Waals surface area contributed by atoms with E-state index in [-0.39, 0.29) is 12.0 Å². The van der Waals surface area contributed by atoms with E-state index in [1.807, 2.05) is 13.0 Å². The van der Waals surface area contributed by atoms with Crippen LogP contribution in [0.1, 0.15) is 25.0 Å². The standard InChI is InChI=1S/C15H25NO3/c1-11-7-12(5-6-14(11)19-4)15(2,3)10-16-8-13(18)9-17/h5-7,13,16-18H,8-10H2,1-4H3. The minimum absolute atomic E-state index is 0.0494. The Morgan fingerprint density at radius 2 is 2.05 bits per heavy atom. The Hall–Kier alpha value is -1.10. The predicted molar refractivity (Wildman–Crippen MR) is 76.7 cm³/mol. The van der Waals surface area contributed by atoms with Crippen LogP contribution < -0.4 is 10.1 Å². The number of hydrogen-bond donors (Lipinski definition) is 3. The summed E-state index contributed by atoms with van der Waals surface area (Å²) in [6, 6.07) is 6.17. The normalized spacial score (nSPS) is 13.4. The van der Waals surface area contributed by atoms with E-state index in [2.05, 4.69) is 31.3 Å². The van der Waals surface area contributed by atoms with Crippen molar-refractivity contribution >= 4 is 0 Å². The first kappa shape index (κ1) is 16.0. The van der Waals surface area contributed by atoms with E-state index in [9.17, 15) is 5.11 Å². The first-order valence-electron chi connectivity index (χ1n) is 6.55. The van der Waals surface area contributed by atoms with E-state index in [0.717, 1.165) is 17.9 Å². The molecule has 1 unspecified atom stereocenters. The maximum atomic E-state index is 9.31. The molecule has 4 nitrogen and oxygen atoms in total. The summed E-state index contributed by atoms with van der Waals surface area (Å²) in [5.41, 5.74) is 2.28. The van der Waals surface area contributed by atoms with E-state index in [0.29, 0.717) is 6.54 Å². The lowest BCUT2D eigenvalue weighted by atomic mass is 9.83. The SMILES string of the molecule is COc1ccc(C(C)(C)CNCC(O)CO)cc1C. The molecule has 108 valence electrons. The topological polar surface area (TPSA) is 61.7 Å². The van der Waals surface area contributed by atoms with E-state index in [1.165, 1.54) is 5.56 Å². The molecule has 0 aromatic heterocycles. The van der Waals surface area contributed by atoms with Crippen molar-refractivity contribution in [3.63, 3.8) is 0 Å². The van der Waals surface area contributed by atoms with Crippen LogP contribution in [0.3, 0.4) is 0 Å². The number of methoxy groups -OCH3 is 1. The molecule has 1 rings (SSSR count). The average molecular weight is 267 g/mol. The summed E-state index contributed by atoms with van der Waals surface area (Å²) in [4.78, 5) is 0. The van der Waals surface area contributed by atoms with Crippen LogP contribution in [0.4, 0.5) is 0 Å². The van der Waals surface area contributed by atoms with Gasteiger partial charge in [0.05, 0.1) is 19.8 Å². The Balaban J connectivity index is 2.68. The van der Waals surface area contributed by atoms with Crippen LogP contribution >= 0.6 is 0 Å². The zero-order chi connectivity index (χ0) is 14.5. The maximum absolute atomic E-state index is 9.31. The molecule has 1 aromatic carbocycles. The first-order valence-corrected chi connectivity index (χ1v) is 6.55. The molecule has 3 N–H and O–H groups in total. The Kier molecular flexibility index (Phi) is 5.79. The Labute approximate surface area is 115 Å². The van der Waals surface area contributed by atoms with Crippen LogP contribution in [0.2, 0.25) is 0 Å². The second kappa shape index (κ2) is 6.89. The van der Waals surface area contributed by atoms with Gasteiger partial charge < -0.3 is 20.3 Å². The lowest BCUT2D eigenvalue weighted by molar-refractivity contribution is 0.0934. The quantitative estimate of drug-likeness (QED) is 0.695. The van der Waals surface area contributed by atoms with Crippen LogP contribution in [0.25, 0.3) is 0 Å². The molecule has 0 heterocycles. The van der Waals surface area contributed by atoms with Crippen LogP contribution in [-0.2, 0) is 5.41 Å². The van der Waals surface area contributed by atoms with Crippen LogP contribution in [0.15, 0.2) is 18.2 Å². The van der Waals surface area contributed by atoms with Crippen molar-refractivity contribution in [2.45, 2.75) is 32.3 Å². The smallest absolute Gasteiger partial charge is 0.121 e. The number of aliphatic hydroxyl groups is 2. The fourth-order valence-electron chi connectivity index (χ4n) is 2.02. The summed E-state index contributed by atoms with van der Waals surface area (Å²) >= 11 is 0. The van der Waals surface area contributed by atoms with Crippen molar-refractivity contribution in [3.05, 3.63) is 29.3 Å². The average Bonchev–Trinajstić information content (AvgIpc) is 2.38. The second-order valence-corrected chi connectivity index (χ2v) is 5.54. The van der Waals surface area contributed by atoms with Crippen molar-refractivity contribution in [2.75, 3.05) is 26.8 Å². The van der Waals surface area contributed by atoms with Gasteiger partial charge in [-0.1, -0.05) is 26.0 Å². The molecule has 0 saturated heterocycles. The molecule has 0 saturated carbocycles. The van der Waals surface area contributed by atoms with Crippen LogP contribution in [0.5, 0.6) is 5.75 Å². The zero-order valence-electron chi connectivity index (χ0n) is 12.2. The van der Waals surface area contributed by atoms with E-state index in [4.69, 9.17) is 9.84 Å². The molecule has 0 aliphatic rings. The molecule has 0 aliphatic heterocycles. The number of aliphatic hydroxyl groups excluding tert-OH is 2. The van der Waals surface area contributed by atoms with Crippen molar-refractivity contribution < 1.29 is 14.9 Å². The van der Waals surface area contributed by atoms with E-state index in [1.54, 1.807) is 7.11 Å². The molecule has 0 spiro atoms. The molecule has 0 bridgehead atoms. The summed E-state index contributed by atoms with van der Waals surface area (Å²) < 4.78 is 5.26. The van der Waals surface area contributed by atoms with Gasteiger partial charge >= 0.3 is 0 Å². The maximum Gasteiger partial charge on any atom is 0.121 e. The van der Waals surface area contributed by atoms with Gasteiger partial charge in [0.1, 0.15) is 5.75 Å². The highest BCUT2D eigenvalue weighted by Gasteiger charge is 2.21. The largest absolute Gasteiger partial charge is 0.496 e. The number of rotatable bonds is 7. The molecular weight excluding hydrogens is 242 g/mol. The molecule has 19 heavy (non-hydrogen) atoms. The number of hydrogen-bond acceptors (Lipinski definition) is 4. The highest BCUT2D eigenvalue weighted by molar-refractivity contribution is 5.39. The van der Waals surface area contributed by atoms with Gasteiger partial charge in [-0.2, -0.15) is 0 Å². The fourth-order valence-corrected chi connectivity index (χ4v) is 2.02. The van der Waals surface area contributed by atoms with Crippen molar-refractivity contribution in [2.24, 2.45) is 0 Å². The predicted octanol–water partition coefficient (Wildman–Crippen LogP) is 1.22. The number of nitrogens with one attached hydrogen (secondary N) is 1. The van der Waals surface area contributed by atoms with Crippen molar-refractivity contribution in [1.29, 1.82) is 0 Å². The fraction of sp³-hybridized carbons (Fsp3) is 0.600. The van der Waals surface area contributed by atoms with Gasteiger partial charge in [0.15, 0.2) is 0 Å². The van der Waals surface area contributed by atoms with Crippen molar-refractivity contribution in [1.82, 2.24) is 5.32 Å². The van der Waals surface area contributed by atoms with Gasteiger partial charge in [-0.25, -0.2) is 0 Å². The van der Waals surface area contributed by atoms with Gasteiger partial charge in [0, 0.05) is 18.5 Å². The molecule has 0 fully saturated rings. The molecule has 4 heteroatoms. The minimum atomic E-state index is -0.701. The number of ether oxygens (including phenoxy) is 1. The van der Waals surface area contributed by atoms with Gasteiger partial charge in [0.2, 0.25) is 0 Å². The molecule has 0 radical (unpaired) electrons. The minimum Gasteiger partial charge on any atom is -0.496 e. The van der Waals surface area contributed by atoms with Crippen LogP contribution in [0, 0.1) is 6.92 Å². The molecule has 1 atom stereocenters. The number of aryl methyl sites for hydroxylation is 1. The molecule has 1 aromatic rings. The van der Waals surface area contributed by atoms with E-state index < -0.39 is 6.10 Å². The summed E-state index contributed by atoms with van der Waals surface area (Å²) in [6.07, 6.45) is -0.701. The van der Waals surface area contributed by atoms with Crippen LogP contribution in [-0.4, -0.2) is 43.1 Å². The van der Waals surface area contributed by atoms with Gasteiger partial charge in [0.25, 0.3) is 0 Å². The molecule has 0 amide bonds. The lowest BCUT2D eigenvalue weighted by Crippen LogP contribution is -2.38. The highest BCUT2D eigenvalue weighted by Crippen LogP contribution is 2.27. The van der Waals surface area contributed by atoms with Gasteiger partial charge in [-0.05, 0) is 24.1 Å². The monoisotopic (exact) mass is 267 g/mol.